The average Bonchev–Trinajstić information content (AvgIpc) is 2.35. The van der Waals surface area contributed by atoms with Gasteiger partial charge in [0, 0.05) is 10.5 Å². The van der Waals surface area contributed by atoms with Crippen molar-refractivity contribution in [1.82, 2.24) is 0 Å². The molecule has 2 rings (SSSR count). The standard InChI is InChI=1S/C15H21BrFN/c16-15-7-6-13(17)9-12(15)10-14(18)8-11-4-2-1-3-5-11/h6-7,9,11,14H,1-5,8,10,18H2. The van der Waals surface area contributed by atoms with Crippen LogP contribution in [0.1, 0.15) is 44.1 Å². The molecule has 0 bridgehead atoms. The second-order valence-corrected chi connectivity index (χ2v) is 6.29. The van der Waals surface area contributed by atoms with Gasteiger partial charge in [-0.25, -0.2) is 4.39 Å². The van der Waals surface area contributed by atoms with Crippen molar-refractivity contribution in [2.75, 3.05) is 0 Å². The molecule has 1 fully saturated rings. The minimum Gasteiger partial charge on any atom is -0.327 e. The van der Waals surface area contributed by atoms with Crippen molar-refractivity contribution in [2.45, 2.75) is 51.0 Å². The maximum absolute atomic E-state index is 13.2. The van der Waals surface area contributed by atoms with Crippen molar-refractivity contribution in [3.63, 3.8) is 0 Å². The smallest absolute Gasteiger partial charge is 0.123 e. The second kappa shape index (κ2) is 6.67. The normalized spacial score (nSPS) is 18.8. The third kappa shape index (κ3) is 4.06. The Morgan fingerprint density at radius 2 is 2.00 bits per heavy atom. The van der Waals surface area contributed by atoms with Gasteiger partial charge in [0.15, 0.2) is 0 Å². The van der Waals surface area contributed by atoms with E-state index in [1.165, 1.54) is 38.2 Å². The molecule has 1 aliphatic carbocycles. The summed E-state index contributed by atoms with van der Waals surface area (Å²) in [6.45, 7) is 0. The predicted octanol–water partition coefficient (Wildman–Crippen LogP) is 4.43. The molecular weight excluding hydrogens is 293 g/mol. The molecule has 1 saturated carbocycles. The van der Waals surface area contributed by atoms with Gasteiger partial charge in [-0.1, -0.05) is 48.0 Å². The molecule has 3 heteroatoms. The van der Waals surface area contributed by atoms with Crippen LogP contribution >= 0.6 is 15.9 Å². The molecule has 1 atom stereocenters. The van der Waals surface area contributed by atoms with E-state index in [-0.39, 0.29) is 11.9 Å². The highest BCUT2D eigenvalue weighted by atomic mass is 79.9. The third-order valence-electron chi connectivity index (χ3n) is 3.85. The number of nitrogens with two attached hydrogens (primary N) is 1. The summed E-state index contributed by atoms with van der Waals surface area (Å²) < 4.78 is 14.2. The Bertz CT molecular complexity index is 388. The van der Waals surface area contributed by atoms with Crippen LogP contribution in [0.3, 0.4) is 0 Å². The van der Waals surface area contributed by atoms with Gasteiger partial charge in [0.2, 0.25) is 0 Å². The van der Waals surface area contributed by atoms with Gasteiger partial charge >= 0.3 is 0 Å². The van der Waals surface area contributed by atoms with Gasteiger partial charge in [-0.3, -0.25) is 0 Å². The van der Waals surface area contributed by atoms with Crippen LogP contribution in [0.15, 0.2) is 22.7 Å². The molecule has 0 aliphatic heterocycles. The Morgan fingerprint density at radius 1 is 1.28 bits per heavy atom. The largest absolute Gasteiger partial charge is 0.327 e. The zero-order valence-corrected chi connectivity index (χ0v) is 12.3. The summed E-state index contributed by atoms with van der Waals surface area (Å²) in [6.07, 6.45) is 8.54. The molecule has 0 spiro atoms. The summed E-state index contributed by atoms with van der Waals surface area (Å²) in [5.41, 5.74) is 7.20. The zero-order chi connectivity index (χ0) is 13.0. The first kappa shape index (κ1) is 14.0. The van der Waals surface area contributed by atoms with Crippen molar-refractivity contribution >= 4 is 15.9 Å². The molecule has 1 aliphatic rings. The molecule has 1 unspecified atom stereocenters. The highest BCUT2D eigenvalue weighted by Crippen LogP contribution is 2.28. The SMILES string of the molecule is NC(Cc1cc(F)ccc1Br)CC1CCCCC1. The van der Waals surface area contributed by atoms with E-state index in [9.17, 15) is 4.39 Å². The number of halogens is 2. The van der Waals surface area contributed by atoms with Gasteiger partial charge in [0.25, 0.3) is 0 Å². The fraction of sp³-hybridized carbons (Fsp3) is 0.600. The van der Waals surface area contributed by atoms with Crippen molar-refractivity contribution in [2.24, 2.45) is 11.7 Å². The molecule has 0 heterocycles. The first-order chi connectivity index (χ1) is 8.65. The van der Waals surface area contributed by atoms with Crippen molar-refractivity contribution in [3.05, 3.63) is 34.1 Å². The summed E-state index contributed by atoms with van der Waals surface area (Å²) in [5.74, 6) is 0.596. The van der Waals surface area contributed by atoms with Gasteiger partial charge < -0.3 is 5.73 Å². The molecule has 0 amide bonds. The lowest BCUT2D eigenvalue weighted by atomic mass is 9.84. The average molecular weight is 314 g/mol. The molecule has 0 saturated heterocycles. The van der Waals surface area contributed by atoms with Gasteiger partial charge in [0.05, 0.1) is 0 Å². The Labute approximate surface area is 117 Å². The topological polar surface area (TPSA) is 26.0 Å². The van der Waals surface area contributed by atoms with Crippen molar-refractivity contribution < 1.29 is 4.39 Å². The lowest BCUT2D eigenvalue weighted by Gasteiger charge is -2.24. The van der Waals surface area contributed by atoms with Crippen LogP contribution < -0.4 is 5.73 Å². The molecular formula is C15H21BrFN. The molecule has 100 valence electrons. The molecule has 1 nitrogen and oxygen atoms in total. The Morgan fingerprint density at radius 3 is 2.72 bits per heavy atom. The monoisotopic (exact) mass is 313 g/mol. The maximum atomic E-state index is 13.2. The van der Waals surface area contributed by atoms with Crippen molar-refractivity contribution in [3.8, 4) is 0 Å². The fourth-order valence-electron chi connectivity index (χ4n) is 2.92. The van der Waals surface area contributed by atoms with E-state index in [0.29, 0.717) is 0 Å². The van der Waals surface area contributed by atoms with Crippen LogP contribution in [0.4, 0.5) is 4.39 Å². The highest BCUT2D eigenvalue weighted by molar-refractivity contribution is 9.10. The fourth-order valence-corrected chi connectivity index (χ4v) is 3.33. The van der Waals surface area contributed by atoms with E-state index >= 15 is 0 Å². The van der Waals surface area contributed by atoms with E-state index in [4.69, 9.17) is 5.73 Å². The summed E-state index contributed by atoms with van der Waals surface area (Å²) in [5, 5.41) is 0. The second-order valence-electron chi connectivity index (χ2n) is 5.44. The predicted molar refractivity (Wildman–Crippen MR) is 77.0 cm³/mol. The Balaban J connectivity index is 1.89. The number of hydrogen-bond donors (Lipinski definition) is 1. The van der Waals surface area contributed by atoms with E-state index in [0.717, 1.165) is 28.8 Å². The summed E-state index contributed by atoms with van der Waals surface area (Å²) in [7, 11) is 0. The minimum atomic E-state index is -0.182. The first-order valence-corrected chi connectivity index (χ1v) is 7.64. The molecule has 18 heavy (non-hydrogen) atoms. The maximum Gasteiger partial charge on any atom is 0.123 e. The van der Waals surface area contributed by atoms with Crippen LogP contribution in [0.2, 0.25) is 0 Å². The van der Waals surface area contributed by atoms with Crippen LogP contribution in [-0.2, 0) is 6.42 Å². The highest BCUT2D eigenvalue weighted by Gasteiger charge is 2.17. The van der Waals surface area contributed by atoms with Gasteiger partial charge in [0.1, 0.15) is 5.82 Å². The molecule has 0 radical (unpaired) electrons. The zero-order valence-electron chi connectivity index (χ0n) is 10.7. The quantitative estimate of drug-likeness (QED) is 0.874. The lowest BCUT2D eigenvalue weighted by Crippen LogP contribution is -2.27. The van der Waals surface area contributed by atoms with E-state index in [1.54, 1.807) is 12.1 Å². The Kier molecular flexibility index (Phi) is 5.19. The van der Waals surface area contributed by atoms with E-state index in [1.807, 2.05) is 0 Å². The number of rotatable bonds is 4. The van der Waals surface area contributed by atoms with Crippen molar-refractivity contribution in [1.29, 1.82) is 0 Å². The first-order valence-electron chi connectivity index (χ1n) is 6.84. The van der Waals surface area contributed by atoms with Gasteiger partial charge in [-0.05, 0) is 42.5 Å². The van der Waals surface area contributed by atoms with Crippen LogP contribution in [0, 0.1) is 11.7 Å². The van der Waals surface area contributed by atoms with Crippen LogP contribution in [0.25, 0.3) is 0 Å². The lowest BCUT2D eigenvalue weighted by molar-refractivity contribution is 0.316. The molecule has 1 aromatic rings. The molecule has 0 aromatic heterocycles. The molecule has 2 N–H and O–H groups in total. The number of hydrogen-bond acceptors (Lipinski definition) is 1. The van der Waals surface area contributed by atoms with Crippen LogP contribution in [0.5, 0.6) is 0 Å². The summed E-state index contributed by atoms with van der Waals surface area (Å²) in [4.78, 5) is 0. The minimum absolute atomic E-state index is 0.145. The van der Waals surface area contributed by atoms with Crippen LogP contribution in [-0.4, -0.2) is 6.04 Å². The van der Waals surface area contributed by atoms with E-state index in [2.05, 4.69) is 15.9 Å². The number of benzene rings is 1. The van der Waals surface area contributed by atoms with Gasteiger partial charge in [-0.2, -0.15) is 0 Å². The summed E-state index contributed by atoms with van der Waals surface area (Å²) >= 11 is 3.46. The third-order valence-corrected chi connectivity index (χ3v) is 4.62. The van der Waals surface area contributed by atoms with Gasteiger partial charge in [-0.15, -0.1) is 0 Å². The van der Waals surface area contributed by atoms with E-state index < -0.39 is 0 Å². The molecule has 1 aromatic carbocycles. The summed E-state index contributed by atoms with van der Waals surface area (Å²) in [6, 6.07) is 4.97. The Hall–Kier alpha value is -0.410.